The maximum Gasteiger partial charge on any atom is 0.508 e. The lowest BCUT2D eigenvalue weighted by Gasteiger charge is -1.90. The van der Waals surface area contributed by atoms with Gasteiger partial charge >= 0.3 is 6.16 Å². The van der Waals surface area contributed by atoms with E-state index in [0.717, 1.165) is 0 Å². The Morgan fingerprint density at radius 3 is 2.50 bits per heavy atom. The Morgan fingerprint density at radius 1 is 1.75 bits per heavy atom. The maximum absolute atomic E-state index is 10.0. The molecule has 8 heavy (non-hydrogen) atoms. The lowest BCUT2D eigenvalue weighted by Crippen LogP contribution is -2.01. The highest BCUT2D eigenvalue weighted by molar-refractivity contribution is 5.61. The molecule has 1 aliphatic heterocycles. The zero-order valence-electron chi connectivity index (χ0n) is 4.01. The normalized spacial score (nSPS) is 25.6. The van der Waals surface area contributed by atoms with Gasteiger partial charge in [0, 0.05) is 0 Å². The predicted molar refractivity (Wildman–Crippen MR) is 28.6 cm³/mol. The fourth-order valence-corrected chi connectivity index (χ4v) is 0.418. The summed E-state index contributed by atoms with van der Waals surface area (Å²) < 4.78 is 8.90. The Morgan fingerprint density at radius 2 is 2.38 bits per heavy atom. The standard InChI is InChI=1S/C4H6O3.CH4/c1-3-2-6-4(5)7-3;/h3H,2H2,1H3;1H4. The summed E-state index contributed by atoms with van der Waals surface area (Å²) >= 11 is 0. The van der Waals surface area contributed by atoms with Crippen LogP contribution in [0.5, 0.6) is 0 Å². The molecule has 1 atom stereocenters. The maximum atomic E-state index is 10.0. The first kappa shape index (κ1) is 7.27. The molecule has 1 unspecified atom stereocenters. The number of rotatable bonds is 0. The molecule has 1 aliphatic rings. The van der Waals surface area contributed by atoms with Crippen LogP contribution < -0.4 is 0 Å². The second kappa shape index (κ2) is 2.55. The Balaban J connectivity index is 0.000000490. The molecule has 1 rings (SSSR count). The molecule has 1 heterocycles. The van der Waals surface area contributed by atoms with E-state index in [1.165, 1.54) is 0 Å². The van der Waals surface area contributed by atoms with Gasteiger partial charge in [-0.25, -0.2) is 4.79 Å². The van der Waals surface area contributed by atoms with Gasteiger partial charge in [0.2, 0.25) is 0 Å². The SMILES string of the molecule is C.CC1COC(=O)O1. The lowest BCUT2D eigenvalue weighted by molar-refractivity contribution is 0.121. The van der Waals surface area contributed by atoms with E-state index in [0.29, 0.717) is 6.61 Å². The van der Waals surface area contributed by atoms with Gasteiger partial charge in [-0.1, -0.05) is 7.43 Å². The Labute approximate surface area is 48.6 Å². The van der Waals surface area contributed by atoms with E-state index in [1.807, 2.05) is 0 Å². The highest BCUT2D eigenvalue weighted by Gasteiger charge is 2.19. The number of hydrogen-bond donors (Lipinski definition) is 0. The molecule has 1 saturated heterocycles. The summed E-state index contributed by atoms with van der Waals surface area (Å²) in [6, 6.07) is 0. The molecule has 3 heteroatoms. The molecular weight excluding hydrogens is 108 g/mol. The minimum absolute atomic E-state index is 0. The summed E-state index contributed by atoms with van der Waals surface area (Å²) in [4.78, 5) is 10.0. The van der Waals surface area contributed by atoms with Crippen LogP contribution in [0.25, 0.3) is 0 Å². The summed E-state index contributed by atoms with van der Waals surface area (Å²) in [7, 11) is 0. The molecule has 0 saturated carbocycles. The average Bonchev–Trinajstić information content (AvgIpc) is 1.87. The van der Waals surface area contributed by atoms with Crippen molar-refractivity contribution in [1.29, 1.82) is 0 Å². The Hall–Kier alpha value is -0.730. The second-order valence-electron chi connectivity index (χ2n) is 1.49. The van der Waals surface area contributed by atoms with Crippen LogP contribution in [0.15, 0.2) is 0 Å². The topological polar surface area (TPSA) is 35.5 Å². The molecule has 0 aromatic carbocycles. The first-order valence-electron chi connectivity index (χ1n) is 2.12. The van der Waals surface area contributed by atoms with Crippen LogP contribution >= 0.6 is 0 Å². The van der Waals surface area contributed by atoms with E-state index < -0.39 is 6.16 Å². The monoisotopic (exact) mass is 118 g/mol. The van der Waals surface area contributed by atoms with Gasteiger partial charge in [0.25, 0.3) is 0 Å². The van der Waals surface area contributed by atoms with Crippen LogP contribution in [-0.2, 0) is 9.47 Å². The third kappa shape index (κ3) is 1.40. The fourth-order valence-electron chi connectivity index (χ4n) is 0.418. The van der Waals surface area contributed by atoms with E-state index in [4.69, 9.17) is 0 Å². The third-order valence-corrected chi connectivity index (χ3v) is 0.733. The molecule has 48 valence electrons. The van der Waals surface area contributed by atoms with Crippen LogP contribution in [0.4, 0.5) is 4.79 Å². The molecule has 0 bridgehead atoms. The smallest absolute Gasteiger partial charge is 0.430 e. The summed E-state index contributed by atoms with van der Waals surface area (Å²) in [6.07, 6.45) is -0.597. The molecule has 0 radical (unpaired) electrons. The number of carbonyl (C=O) groups excluding carboxylic acids is 1. The van der Waals surface area contributed by atoms with Crippen molar-refractivity contribution in [3.8, 4) is 0 Å². The van der Waals surface area contributed by atoms with Crippen molar-refractivity contribution >= 4 is 6.16 Å². The minimum Gasteiger partial charge on any atom is -0.430 e. The number of carbonyl (C=O) groups is 1. The molecule has 0 spiro atoms. The van der Waals surface area contributed by atoms with Gasteiger partial charge in [0.05, 0.1) is 0 Å². The predicted octanol–water partition coefficient (Wildman–Crippen LogP) is 1.18. The Bertz CT molecular complexity index is 89.7. The molecule has 0 N–H and O–H groups in total. The molecule has 0 aromatic rings. The molecule has 0 aliphatic carbocycles. The number of hydrogen-bond acceptors (Lipinski definition) is 3. The summed E-state index contributed by atoms with van der Waals surface area (Å²) in [6.45, 7) is 2.18. The largest absolute Gasteiger partial charge is 0.508 e. The summed E-state index contributed by atoms with van der Waals surface area (Å²) in [5.74, 6) is 0. The van der Waals surface area contributed by atoms with Gasteiger partial charge in [0.1, 0.15) is 12.7 Å². The highest BCUT2D eigenvalue weighted by atomic mass is 16.8. The molecule has 3 nitrogen and oxygen atoms in total. The Kier molecular flexibility index (Phi) is 2.31. The van der Waals surface area contributed by atoms with Crippen LogP contribution in [0.3, 0.4) is 0 Å². The van der Waals surface area contributed by atoms with E-state index in [2.05, 4.69) is 9.47 Å². The quantitative estimate of drug-likeness (QED) is 0.448. The van der Waals surface area contributed by atoms with Crippen molar-refractivity contribution in [2.45, 2.75) is 20.5 Å². The van der Waals surface area contributed by atoms with Crippen molar-refractivity contribution in [2.24, 2.45) is 0 Å². The molecule has 0 aromatic heterocycles. The van der Waals surface area contributed by atoms with Gasteiger partial charge in [0.15, 0.2) is 0 Å². The highest BCUT2D eigenvalue weighted by Crippen LogP contribution is 2.02. The molecular formula is C5H10O3. The average molecular weight is 118 g/mol. The van der Waals surface area contributed by atoms with Crippen molar-refractivity contribution in [1.82, 2.24) is 0 Å². The van der Waals surface area contributed by atoms with Crippen molar-refractivity contribution in [3.05, 3.63) is 0 Å². The van der Waals surface area contributed by atoms with E-state index in [1.54, 1.807) is 6.92 Å². The fraction of sp³-hybridized carbons (Fsp3) is 0.800. The third-order valence-electron chi connectivity index (χ3n) is 0.733. The lowest BCUT2D eigenvalue weighted by atomic mass is 10.5. The first-order valence-corrected chi connectivity index (χ1v) is 2.12. The van der Waals surface area contributed by atoms with Gasteiger partial charge in [-0.05, 0) is 6.92 Å². The number of cyclic esters (lactones) is 2. The van der Waals surface area contributed by atoms with Crippen molar-refractivity contribution in [2.75, 3.05) is 6.61 Å². The van der Waals surface area contributed by atoms with E-state index in [-0.39, 0.29) is 13.5 Å². The zero-order chi connectivity index (χ0) is 5.28. The van der Waals surface area contributed by atoms with E-state index >= 15 is 0 Å². The summed E-state index contributed by atoms with van der Waals surface area (Å²) in [5.41, 5.74) is 0. The minimum atomic E-state index is -0.549. The summed E-state index contributed by atoms with van der Waals surface area (Å²) in [5, 5.41) is 0. The molecule has 0 amide bonds. The zero-order valence-corrected chi connectivity index (χ0v) is 4.01. The molecule has 1 fully saturated rings. The first-order chi connectivity index (χ1) is 3.29. The second-order valence-corrected chi connectivity index (χ2v) is 1.49. The number of ether oxygens (including phenoxy) is 2. The van der Waals surface area contributed by atoms with Crippen LogP contribution in [0, 0.1) is 0 Å². The van der Waals surface area contributed by atoms with Crippen molar-refractivity contribution in [3.63, 3.8) is 0 Å². The van der Waals surface area contributed by atoms with Gasteiger partial charge in [-0.15, -0.1) is 0 Å². The van der Waals surface area contributed by atoms with E-state index in [9.17, 15) is 4.79 Å². The van der Waals surface area contributed by atoms with Crippen LogP contribution in [0.2, 0.25) is 0 Å². The van der Waals surface area contributed by atoms with Crippen LogP contribution in [-0.4, -0.2) is 18.9 Å². The van der Waals surface area contributed by atoms with Gasteiger partial charge in [-0.3, -0.25) is 0 Å². The van der Waals surface area contributed by atoms with Gasteiger partial charge < -0.3 is 9.47 Å². The van der Waals surface area contributed by atoms with Crippen molar-refractivity contribution < 1.29 is 14.3 Å². The van der Waals surface area contributed by atoms with Gasteiger partial charge in [-0.2, -0.15) is 0 Å². The van der Waals surface area contributed by atoms with Crippen LogP contribution in [0.1, 0.15) is 14.4 Å².